The molecule has 5 nitrogen and oxygen atoms in total. The third-order valence-electron chi connectivity index (χ3n) is 5.19. The maximum atomic E-state index is 12.0. The second kappa shape index (κ2) is 7.25. The normalized spacial score (nSPS) is 24.1. The van der Waals surface area contributed by atoms with E-state index in [4.69, 9.17) is 0 Å². The van der Waals surface area contributed by atoms with Crippen molar-refractivity contribution in [1.82, 2.24) is 4.90 Å². The third-order valence-corrected chi connectivity index (χ3v) is 5.19. The van der Waals surface area contributed by atoms with Gasteiger partial charge in [-0.25, -0.2) is 0 Å². The molecule has 0 amide bonds. The number of piperidine rings is 1. The summed E-state index contributed by atoms with van der Waals surface area (Å²) < 4.78 is 0. The van der Waals surface area contributed by atoms with Crippen LogP contribution in [-0.2, 0) is 16.8 Å². The molecular weight excluding hydrogens is 318 g/mol. The molecule has 0 aromatic heterocycles. The highest BCUT2D eigenvalue weighted by atomic mass is 16.3. The van der Waals surface area contributed by atoms with Crippen molar-refractivity contribution in [2.45, 2.75) is 30.8 Å². The number of carbonyl (C=O) groups excluding carboxylic acids is 1. The number of rotatable bonds is 5. The van der Waals surface area contributed by atoms with Gasteiger partial charge in [0.25, 0.3) is 0 Å². The second-order valence-corrected chi connectivity index (χ2v) is 6.66. The molecule has 1 fully saturated rings. The van der Waals surface area contributed by atoms with E-state index < -0.39 is 11.5 Å². The quantitative estimate of drug-likeness (QED) is 0.727. The highest BCUT2D eigenvalue weighted by molar-refractivity contribution is 5.64. The van der Waals surface area contributed by atoms with Crippen LogP contribution in [0.5, 0.6) is 11.5 Å². The average molecular weight is 341 g/mol. The zero-order chi connectivity index (χ0) is 17.9. The van der Waals surface area contributed by atoms with Gasteiger partial charge in [-0.15, -0.1) is 0 Å². The standard InChI is InChI=1S/C20H23NO4/c22-13-19-20(14-23,17-8-7-16(24)11-18(17)25)9-4-10-21(19)12-15-5-2-1-3-6-15/h1-3,5-8,11,13,19,23-25H,4,9-10,12,14H2. The molecule has 0 bridgehead atoms. The van der Waals surface area contributed by atoms with Crippen LogP contribution >= 0.6 is 0 Å². The van der Waals surface area contributed by atoms with Gasteiger partial charge in [-0.1, -0.05) is 36.4 Å². The van der Waals surface area contributed by atoms with Gasteiger partial charge in [-0.05, 0) is 31.0 Å². The minimum Gasteiger partial charge on any atom is -0.508 e. The fraction of sp³-hybridized carbons (Fsp3) is 0.350. The van der Waals surface area contributed by atoms with Crippen LogP contribution in [0.1, 0.15) is 24.0 Å². The lowest BCUT2D eigenvalue weighted by atomic mass is 9.68. The van der Waals surface area contributed by atoms with Crippen molar-refractivity contribution in [3.8, 4) is 11.5 Å². The number of benzene rings is 2. The van der Waals surface area contributed by atoms with Crippen LogP contribution < -0.4 is 0 Å². The van der Waals surface area contributed by atoms with Gasteiger partial charge in [0.05, 0.1) is 12.6 Å². The highest BCUT2D eigenvalue weighted by Gasteiger charge is 2.47. The Morgan fingerprint density at radius 1 is 1.16 bits per heavy atom. The van der Waals surface area contributed by atoms with Crippen molar-refractivity contribution in [1.29, 1.82) is 0 Å². The Balaban J connectivity index is 1.98. The smallest absolute Gasteiger partial charge is 0.138 e. The summed E-state index contributed by atoms with van der Waals surface area (Å²) in [6, 6.07) is 13.7. The number of phenolic OH excluding ortho intramolecular Hbond substituents is 2. The number of aliphatic hydroxyl groups is 1. The van der Waals surface area contributed by atoms with E-state index in [1.165, 1.54) is 12.1 Å². The molecule has 2 atom stereocenters. The highest BCUT2D eigenvalue weighted by Crippen LogP contribution is 2.43. The molecule has 1 aliphatic heterocycles. The second-order valence-electron chi connectivity index (χ2n) is 6.66. The lowest BCUT2D eigenvalue weighted by Crippen LogP contribution is -2.57. The molecule has 3 rings (SSSR count). The fourth-order valence-electron chi connectivity index (χ4n) is 3.94. The van der Waals surface area contributed by atoms with E-state index in [0.29, 0.717) is 18.5 Å². The molecular formula is C20H23NO4. The summed E-state index contributed by atoms with van der Waals surface area (Å²) in [4.78, 5) is 14.1. The molecule has 0 spiro atoms. The lowest BCUT2D eigenvalue weighted by molar-refractivity contribution is -0.118. The Morgan fingerprint density at radius 2 is 1.92 bits per heavy atom. The zero-order valence-electron chi connectivity index (χ0n) is 14.0. The summed E-state index contributed by atoms with van der Waals surface area (Å²) in [5.41, 5.74) is 0.715. The van der Waals surface area contributed by atoms with Gasteiger partial charge in [0, 0.05) is 23.6 Å². The van der Waals surface area contributed by atoms with Crippen LogP contribution in [0.25, 0.3) is 0 Å². The van der Waals surface area contributed by atoms with Gasteiger partial charge in [0.1, 0.15) is 17.8 Å². The summed E-state index contributed by atoms with van der Waals surface area (Å²) in [5, 5.41) is 30.1. The third kappa shape index (κ3) is 3.25. The van der Waals surface area contributed by atoms with E-state index in [0.717, 1.165) is 24.8 Å². The number of phenols is 2. The summed E-state index contributed by atoms with van der Waals surface area (Å²) in [6.45, 7) is 1.10. The first-order valence-electron chi connectivity index (χ1n) is 8.47. The average Bonchev–Trinajstić information content (AvgIpc) is 2.62. The van der Waals surface area contributed by atoms with E-state index in [1.807, 2.05) is 35.2 Å². The Hall–Kier alpha value is -2.37. The van der Waals surface area contributed by atoms with E-state index in [1.54, 1.807) is 6.07 Å². The first kappa shape index (κ1) is 17.5. The number of likely N-dealkylation sites (tertiary alicyclic amines) is 1. The molecule has 3 N–H and O–H groups in total. The van der Waals surface area contributed by atoms with Gasteiger partial charge < -0.3 is 20.1 Å². The molecule has 132 valence electrons. The van der Waals surface area contributed by atoms with Crippen LogP contribution in [-0.4, -0.2) is 45.7 Å². The molecule has 25 heavy (non-hydrogen) atoms. The number of hydrogen-bond donors (Lipinski definition) is 3. The predicted octanol–water partition coefficient (Wildman–Crippen LogP) is 2.19. The minimum absolute atomic E-state index is 0.0473. The molecule has 2 aromatic carbocycles. The monoisotopic (exact) mass is 341 g/mol. The van der Waals surface area contributed by atoms with E-state index in [-0.39, 0.29) is 18.1 Å². The molecule has 5 heteroatoms. The van der Waals surface area contributed by atoms with Gasteiger partial charge in [-0.3, -0.25) is 4.90 Å². The van der Waals surface area contributed by atoms with Crippen LogP contribution in [0.2, 0.25) is 0 Å². The van der Waals surface area contributed by atoms with Crippen molar-refractivity contribution < 1.29 is 20.1 Å². The summed E-state index contributed by atoms with van der Waals surface area (Å²) >= 11 is 0. The number of nitrogens with zero attached hydrogens (tertiary/aromatic N) is 1. The van der Waals surface area contributed by atoms with E-state index in [2.05, 4.69) is 0 Å². The summed E-state index contributed by atoms with van der Waals surface area (Å²) in [6.07, 6.45) is 2.26. The topological polar surface area (TPSA) is 81.0 Å². The maximum absolute atomic E-state index is 12.0. The Bertz CT molecular complexity index is 734. The molecule has 2 aromatic rings. The van der Waals surface area contributed by atoms with Crippen LogP contribution in [0, 0.1) is 0 Å². The maximum Gasteiger partial charge on any atom is 0.138 e. The first-order valence-corrected chi connectivity index (χ1v) is 8.47. The van der Waals surface area contributed by atoms with Crippen molar-refractivity contribution >= 4 is 6.29 Å². The molecule has 2 unspecified atom stereocenters. The van der Waals surface area contributed by atoms with Crippen LogP contribution in [0.3, 0.4) is 0 Å². The predicted molar refractivity (Wildman–Crippen MR) is 94.5 cm³/mol. The van der Waals surface area contributed by atoms with E-state index in [9.17, 15) is 20.1 Å². The number of aliphatic hydroxyl groups excluding tert-OH is 1. The van der Waals surface area contributed by atoms with E-state index >= 15 is 0 Å². The van der Waals surface area contributed by atoms with Crippen molar-refractivity contribution in [2.24, 2.45) is 0 Å². The number of carbonyl (C=O) groups is 1. The summed E-state index contributed by atoms with van der Waals surface area (Å²) in [7, 11) is 0. The van der Waals surface area contributed by atoms with Crippen molar-refractivity contribution in [3.05, 3.63) is 59.7 Å². The van der Waals surface area contributed by atoms with Crippen LogP contribution in [0.15, 0.2) is 48.5 Å². The van der Waals surface area contributed by atoms with Gasteiger partial charge >= 0.3 is 0 Å². The number of aldehydes is 1. The molecule has 0 saturated carbocycles. The van der Waals surface area contributed by atoms with Crippen LogP contribution in [0.4, 0.5) is 0 Å². The molecule has 1 heterocycles. The molecule has 0 aliphatic carbocycles. The molecule has 1 aliphatic rings. The Kier molecular flexibility index (Phi) is 5.06. The molecule has 1 saturated heterocycles. The Morgan fingerprint density at radius 3 is 2.56 bits per heavy atom. The lowest BCUT2D eigenvalue weighted by Gasteiger charge is -2.47. The molecule has 0 radical (unpaired) electrons. The number of hydrogen-bond acceptors (Lipinski definition) is 5. The van der Waals surface area contributed by atoms with Gasteiger partial charge in [0.15, 0.2) is 0 Å². The van der Waals surface area contributed by atoms with Gasteiger partial charge in [-0.2, -0.15) is 0 Å². The SMILES string of the molecule is O=CC1N(Cc2ccccc2)CCCC1(CO)c1ccc(O)cc1O. The minimum atomic E-state index is -0.882. The zero-order valence-corrected chi connectivity index (χ0v) is 14.0. The largest absolute Gasteiger partial charge is 0.508 e. The van der Waals surface area contributed by atoms with Crippen molar-refractivity contribution in [2.75, 3.05) is 13.2 Å². The van der Waals surface area contributed by atoms with Gasteiger partial charge in [0.2, 0.25) is 0 Å². The summed E-state index contributed by atoms with van der Waals surface area (Å²) in [5.74, 6) is -0.142. The Labute approximate surface area is 147 Å². The fourth-order valence-corrected chi connectivity index (χ4v) is 3.94. The van der Waals surface area contributed by atoms with Crippen molar-refractivity contribution in [3.63, 3.8) is 0 Å². The number of aromatic hydroxyl groups is 2. The first-order chi connectivity index (χ1) is 12.1.